The predicted octanol–water partition coefficient (Wildman–Crippen LogP) is 2.39. The summed E-state index contributed by atoms with van der Waals surface area (Å²) in [4.78, 5) is 11.5. The summed E-state index contributed by atoms with van der Waals surface area (Å²) in [5.74, 6) is 0. The van der Waals surface area contributed by atoms with Gasteiger partial charge in [0.1, 0.15) is 5.01 Å². The highest BCUT2D eigenvalue weighted by atomic mass is 32.1. The fourth-order valence-corrected chi connectivity index (χ4v) is 3.37. The Morgan fingerprint density at radius 3 is 3.15 bits per heavy atom. The molecule has 20 heavy (non-hydrogen) atoms. The van der Waals surface area contributed by atoms with Crippen LogP contribution >= 0.6 is 11.3 Å². The minimum absolute atomic E-state index is 0.628. The Labute approximate surface area is 123 Å². The second-order valence-electron chi connectivity index (χ2n) is 5.27. The van der Waals surface area contributed by atoms with Crippen molar-refractivity contribution in [3.8, 4) is 10.7 Å². The van der Waals surface area contributed by atoms with Crippen LogP contribution in [0.15, 0.2) is 29.8 Å². The van der Waals surface area contributed by atoms with Crippen molar-refractivity contribution in [2.45, 2.75) is 25.4 Å². The van der Waals surface area contributed by atoms with Gasteiger partial charge in [-0.1, -0.05) is 6.07 Å². The number of thiazole rings is 1. The number of rotatable bonds is 4. The maximum atomic E-state index is 4.71. The largest absolute Gasteiger partial charge is 0.315 e. The first-order valence-electron chi connectivity index (χ1n) is 7.09. The number of nitrogens with one attached hydrogen (secondary N) is 1. The maximum absolute atomic E-state index is 4.71. The van der Waals surface area contributed by atoms with E-state index in [9.17, 15) is 0 Å². The molecule has 0 amide bonds. The molecule has 0 spiro atoms. The third-order valence-corrected chi connectivity index (χ3v) is 4.65. The summed E-state index contributed by atoms with van der Waals surface area (Å²) in [6.45, 7) is 3.16. The number of pyridine rings is 1. The van der Waals surface area contributed by atoms with Crippen molar-refractivity contribution in [3.05, 3.63) is 35.5 Å². The first kappa shape index (κ1) is 13.7. The van der Waals surface area contributed by atoms with Crippen LogP contribution in [0.3, 0.4) is 0 Å². The van der Waals surface area contributed by atoms with E-state index in [-0.39, 0.29) is 0 Å². The Bertz CT molecular complexity index is 534. The lowest BCUT2D eigenvalue weighted by atomic mass is 10.1. The molecule has 5 heteroatoms. The summed E-state index contributed by atoms with van der Waals surface area (Å²) < 4.78 is 0. The lowest BCUT2D eigenvalue weighted by molar-refractivity contribution is 0.194. The van der Waals surface area contributed by atoms with E-state index < -0.39 is 0 Å². The van der Waals surface area contributed by atoms with Crippen LogP contribution in [0.5, 0.6) is 0 Å². The van der Waals surface area contributed by atoms with Gasteiger partial charge in [0, 0.05) is 30.7 Å². The predicted molar refractivity (Wildman–Crippen MR) is 82.7 cm³/mol. The molecular formula is C15H20N4S. The Hall–Kier alpha value is -1.30. The molecule has 0 aromatic carbocycles. The van der Waals surface area contributed by atoms with Crippen LogP contribution in [0.25, 0.3) is 10.7 Å². The third-order valence-electron chi connectivity index (χ3n) is 3.74. The minimum Gasteiger partial charge on any atom is -0.315 e. The van der Waals surface area contributed by atoms with Crippen LogP contribution in [-0.2, 0) is 6.54 Å². The van der Waals surface area contributed by atoms with E-state index >= 15 is 0 Å². The van der Waals surface area contributed by atoms with E-state index in [1.54, 1.807) is 11.3 Å². The van der Waals surface area contributed by atoms with Gasteiger partial charge in [-0.25, -0.2) is 4.98 Å². The van der Waals surface area contributed by atoms with E-state index in [0.717, 1.165) is 36.0 Å². The van der Waals surface area contributed by atoms with Crippen molar-refractivity contribution < 1.29 is 0 Å². The summed E-state index contributed by atoms with van der Waals surface area (Å²) in [7, 11) is 2.19. The number of nitrogens with zero attached hydrogens (tertiary/aromatic N) is 3. The highest BCUT2D eigenvalue weighted by Gasteiger charge is 2.18. The number of likely N-dealkylation sites (N-methyl/N-ethyl adjacent to an activating group) is 1. The van der Waals surface area contributed by atoms with Crippen molar-refractivity contribution in [2.75, 3.05) is 20.1 Å². The Morgan fingerprint density at radius 2 is 2.40 bits per heavy atom. The van der Waals surface area contributed by atoms with E-state index in [4.69, 9.17) is 4.98 Å². The lowest BCUT2D eigenvalue weighted by Crippen LogP contribution is -2.43. The van der Waals surface area contributed by atoms with Gasteiger partial charge in [0.05, 0.1) is 11.4 Å². The van der Waals surface area contributed by atoms with Gasteiger partial charge >= 0.3 is 0 Å². The van der Waals surface area contributed by atoms with E-state index in [0.29, 0.717) is 6.04 Å². The standard InChI is InChI=1S/C15H20N4S/c1-19(13-5-4-7-16-9-13)10-12-11-20-15(18-12)14-6-2-3-8-17-14/h2-3,6,8,11,13,16H,4-5,7,9-10H2,1H3. The third kappa shape index (κ3) is 3.23. The van der Waals surface area contributed by atoms with Gasteiger partial charge in [0.25, 0.3) is 0 Å². The number of piperidine rings is 1. The molecule has 3 heterocycles. The molecule has 1 aliphatic rings. The van der Waals surface area contributed by atoms with Gasteiger partial charge in [-0.15, -0.1) is 11.3 Å². The fourth-order valence-electron chi connectivity index (χ4n) is 2.58. The lowest BCUT2D eigenvalue weighted by Gasteiger charge is -2.31. The van der Waals surface area contributed by atoms with Crippen molar-refractivity contribution >= 4 is 11.3 Å². The highest BCUT2D eigenvalue weighted by molar-refractivity contribution is 7.13. The summed E-state index contributed by atoms with van der Waals surface area (Å²) >= 11 is 1.68. The van der Waals surface area contributed by atoms with Crippen LogP contribution in [0.4, 0.5) is 0 Å². The van der Waals surface area contributed by atoms with Crippen LogP contribution < -0.4 is 5.32 Å². The molecule has 1 atom stereocenters. The van der Waals surface area contributed by atoms with Gasteiger partial charge in [-0.05, 0) is 38.6 Å². The maximum Gasteiger partial charge on any atom is 0.142 e. The molecule has 0 radical (unpaired) electrons. The monoisotopic (exact) mass is 288 g/mol. The second-order valence-corrected chi connectivity index (χ2v) is 6.13. The van der Waals surface area contributed by atoms with Crippen molar-refractivity contribution in [3.63, 3.8) is 0 Å². The molecule has 1 saturated heterocycles. The van der Waals surface area contributed by atoms with Gasteiger partial charge in [-0.3, -0.25) is 9.88 Å². The molecule has 0 bridgehead atoms. The molecule has 3 rings (SSSR count). The Morgan fingerprint density at radius 1 is 1.45 bits per heavy atom. The second kappa shape index (κ2) is 6.43. The van der Waals surface area contributed by atoms with Gasteiger partial charge < -0.3 is 5.32 Å². The Kier molecular flexibility index (Phi) is 4.40. The molecule has 1 N–H and O–H groups in total. The molecule has 1 unspecified atom stereocenters. The molecule has 4 nitrogen and oxygen atoms in total. The van der Waals surface area contributed by atoms with E-state index in [1.807, 2.05) is 24.4 Å². The fraction of sp³-hybridized carbons (Fsp3) is 0.467. The van der Waals surface area contributed by atoms with Crippen LogP contribution in [0.1, 0.15) is 18.5 Å². The van der Waals surface area contributed by atoms with Crippen molar-refractivity contribution in [1.29, 1.82) is 0 Å². The molecule has 106 valence electrons. The molecule has 1 fully saturated rings. The average molecular weight is 288 g/mol. The SMILES string of the molecule is CN(Cc1csc(-c2ccccn2)n1)C1CCCNC1. The zero-order valence-electron chi connectivity index (χ0n) is 11.7. The Balaban J connectivity index is 1.65. The first-order valence-corrected chi connectivity index (χ1v) is 7.97. The van der Waals surface area contributed by atoms with E-state index in [2.05, 4.69) is 27.6 Å². The van der Waals surface area contributed by atoms with Gasteiger partial charge in [-0.2, -0.15) is 0 Å². The molecule has 2 aromatic heterocycles. The summed E-state index contributed by atoms with van der Waals surface area (Å²) in [5, 5.41) is 6.62. The van der Waals surface area contributed by atoms with Crippen molar-refractivity contribution in [2.24, 2.45) is 0 Å². The summed E-state index contributed by atoms with van der Waals surface area (Å²) in [5.41, 5.74) is 2.11. The first-order chi connectivity index (χ1) is 9.83. The zero-order chi connectivity index (χ0) is 13.8. The smallest absolute Gasteiger partial charge is 0.142 e. The van der Waals surface area contributed by atoms with E-state index in [1.165, 1.54) is 12.8 Å². The highest BCUT2D eigenvalue weighted by Crippen LogP contribution is 2.22. The molecular weight excluding hydrogens is 268 g/mol. The molecule has 0 saturated carbocycles. The normalized spacial score (nSPS) is 19.4. The van der Waals surface area contributed by atoms with Crippen LogP contribution in [-0.4, -0.2) is 41.0 Å². The molecule has 1 aliphatic heterocycles. The number of aromatic nitrogens is 2. The average Bonchev–Trinajstić information content (AvgIpc) is 2.97. The quantitative estimate of drug-likeness (QED) is 0.938. The summed E-state index contributed by atoms with van der Waals surface area (Å²) in [6, 6.07) is 6.58. The zero-order valence-corrected chi connectivity index (χ0v) is 12.6. The van der Waals surface area contributed by atoms with Crippen LogP contribution in [0.2, 0.25) is 0 Å². The molecule has 0 aliphatic carbocycles. The van der Waals surface area contributed by atoms with Crippen LogP contribution in [0, 0.1) is 0 Å². The van der Waals surface area contributed by atoms with Gasteiger partial charge in [0.2, 0.25) is 0 Å². The number of hydrogen-bond acceptors (Lipinski definition) is 5. The number of hydrogen-bond donors (Lipinski definition) is 1. The minimum atomic E-state index is 0.628. The van der Waals surface area contributed by atoms with Gasteiger partial charge in [0.15, 0.2) is 0 Å². The summed E-state index contributed by atoms with van der Waals surface area (Å²) in [6.07, 6.45) is 4.36. The topological polar surface area (TPSA) is 41.1 Å². The molecule has 2 aromatic rings. The van der Waals surface area contributed by atoms with Crippen molar-refractivity contribution in [1.82, 2.24) is 20.2 Å².